The first-order valence-corrected chi connectivity index (χ1v) is 6.25. The third-order valence-electron chi connectivity index (χ3n) is 3.16. The molecule has 0 heterocycles. The fourth-order valence-corrected chi connectivity index (χ4v) is 1.92. The monoisotopic (exact) mass is 223 g/mol. The summed E-state index contributed by atoms with van der Waals surface area (Å²) in [4.78, 5) is 0. The number of hydrogen-bond acceptors (Lipinski definition) is 3. The van der Waals surface area contributed by atoms with Crippen molar-refractivity contribution < 1.29 is 9.47 Å². The van der Waals surface area contributed by atoms with E-state index in [9.17, 15) is 0 Å². The molecule has 0 aromatic rings. The van der Waals surface area contributed by atoms with Gasteiger partial charge >= 0.3 is 0 Å². The van der Waals surface area contributed by atoms with E-state index in [4.69, 9.17) is 15.2 Å². The van der Waals surface area contributed by atoms with Gasteiger partial charge in [-0.2, -0.15) is 0 Å². The molecule has 90 valence electrons. The highest BCUT2D eigenvalue weighted by molar-refractivity contribution is 5.20. The first-order valence-electron chi connectivity index (χ1n) is 6.25. The zero-order valence-corrected chi connectivity index (χ0v) is 9.78. The molecule has 0 aromatic carbocycles. The molecule has 2 aliphatic rings. The van der Waals surface area contributed by atoms with Gasteiger partial charge in [-0.1, -0.05) is 6.42 Å². The Hall–Kier alpha value is -0.960. The van der Waals surface area contributed by atoms with Crippen molar-refractivity contribution in [3.8, 4) is 0 Å². The van der Waals surface area contributed by atoms with Crippen LogP contribution < -0.4 is 5.73 Å². The normalized spacial score (nSPS) is 20.8. The molecular weight excluding hydrogens is 202 g/mol. The smallest absolute Gasteiger partial charge is 0.118 e. The van der Waals surface area contributed by atoms with E-state index in [2.05, 4.69) is 6.08 Å². The fourth-order valence-electron chi connectivity index (χ4n) is 1.92. The molecule has 16 heavy (non-hydrogen) atoms. The van der Waals surface area contributed by atoms with Crippen LogP contribution in [0.1, 0.15) is 32.1 Å². The predicted octanol–water partition coefficient (Wildman–Crippen LogP) is 2.34. The van der Waals surface area contributed by atoms with Gasteiger partial charge in [-0.05, 0) is 31.3 Å². The van der Waals surface area contributed by atoms with Crippen molar-refractivity contribution in [2.24, 2.45) is 11.7 Å². The Bertz CT molecular complexity index is 280. The molecule has 0 bridgehead atoms. The number of allylic oxidation sites excluding steroid dienone is 3. The molecule has 0 amide bonds. The van der Waals surface area contributed by atoms with E-state index in [1.54, 1.807) is 0 Å². The molecule has 2 N–H and O–H groups in total. The van der Waals surface area contributed by atoms with E-state index in [1.165, 1.54) is 19.3 Å². The molecule has 0 aliphatic heterocycles. The topological polar surface area (TPSA) is 44.5 Å². The highest BCUT2D eigenvalue weighted by Crippen LogP contribution is 2.28. The molecule has 0 unspecified atom stereocenters. The summed E-state index contributed by atoms with van der Waals surface area (Å²) in [6.45, 7) is 2.04. The molecule has 2 aliphatic carbocycles. The number of rotatable bonds is 6. The van der Waals surface area contributed by atoms with Gasteiger partial charge in [0.05, 0.1) is 19.0 Å². The summed E-state index contributed by atoms with van der Waals surface area (Å²) < 4.78 is 11.3. The Kier molecular flexibility index (Phi) is 4.28. The zero-order chi connectivity index (χ0) is 11.2. The molecule has 1 saturated carbocycles. The van der Waals surface area contributed by atoms with Crippen LogP contribution in [0.4, 0.5) is 0 Å². The average Bonchev–Trinajstić information content (AvgIpc) is 2.25. The maximum absolute atomic E-state index is 5.77. The SMILES string of the molecule is NCCOC1=CC(OCC2CCC2)=CCC1. The molecule has 0 spiro atoms. The van der Waals surface area contributed by atoms with Gasteiger partial charge in [-0.3, -0.25) is 0 Å². The minimum absolute atomic E-state index is 0.569. The minimum atomic E-state index is 0.569. The molecule has 1 fully saturated rings. The van der Waals surface area contributed by atoms with Crippen molar-refractivity contribution in [3.63, 3.8) is 0 Å². The molecule has 0 atom stereocenters. The second kappa shape index (κ2) is 5.94. The van der Waals surface area contributed by atoms with Crippen molar-refractivity contribution in [1.82, 2.24) is 0 Å². The number of hydrogen-bond donors (Lipinski definition) is 1. The lowest BCUT2D eigenvalue weighted by Gasteiger charge is -2.26. The number of nitrogens with two attached hydrogens (primary N) is 1. The second-order valence-corrected chi connectivity index (χ2v) is 4.50. The highest BCUT2D eigenvalue weighted by atomic mass is 16.5. The van der Waals surface area contributed by atoms with Gasteiger partial charge < -0.3 is 15.2 Å². The standard InChI is InChI=1S/C13H21NO2/c14-7-8-15-12-5-2-6-13(9-12)16-10-11-3-1-4-11/h6,9,11H,1-5,7-8,10,14H2. The van der Waals surface area contributed by atoms with E-state index in [0.717, 1.165) is 36.9 Å². The molecule has 0 aromatic heterocycles. The van der Waals surface area contributed by atoms with Crippen molar-refractivity contribution >= 4 is 0 Å². The van der Waals surface area contributed by atoms with Crippen molar-refractivity contribution in [3.05, 3.63) is 23.7 Å². The first-order chi connectivity index (χ1) is 7.88. The summed E-state index contributed by atoms with van der Waals surface area (Å²) in [7, 11) is 0. The Morgan fingerprint density at radius 1 is 1.31 bits per heavy atom. The average molecular weight is 223 g/mol. The van der Waals surface area contributed by atoms with Gasteiger partial charge in [0, 0.05) is 19.0 Å². The largest absolute Gasteiger partial charge is 0.496 e. The van der Waals surface area contributed by atoms with Gasteiger partial charge in [0.2, 0.25) is 0 Å². The quantitative estimate of drug-likeness (QED) is 0.751. The van der Waals surface area contributed by atoms with Crippen LogP contribution in [-0.2, 0) is 9.47 Å². The summed E-state index contributed by atoms with van der Waals surface area (Å²) in [6, 6.07) is 0. The molecule has 2 rings (SSSR count). The van der Waals surface area contributed by atoms with Crippen LogP contribution in [-0.4, -0.2) is 19.8 Å². The lowest BCUT2D eigenvalue weighted by molar-refractivity contribution is 0.123. The van der Waals surface area contributed by atoms with Crippen LogP contribution >= 0.6 is 0 Å². The Balaban J connectivity index is 1.75. The molecule has 3 nitrogen and oxygen atoms in total. The van der Waals surface area contributed by atoms with Gasteiger partial charge in [-0.25, -0.2) is 0 Å². The lowest BCUT2D eigenvalue weighted by atomic mass is 9.86. The van der Waals surface area contributed by atoms with Crippen LogP contribution in [0.2, 0.25) is 0 Å². The molecule has 0 saturated heterocycles. The highest BCUT2D eigenvalue weighted by Gasteiger charge is 2.18. The van der Waals surface area contributed by atoms with E-state index in [-0.39, 0.29) is 0 Å². The summed E-state index contributed by atoms with van der Waals surface area (Å²) in [5, 5.41) is 0. The Morgan fingerprint density at radius 2 is 2.19 bits per heavy atom. The molecule has 3 heteroatoms. The van der Waals surface area contributed by atoms with Crippen LogP contribution in [0.5, 0.6) is 0 Å². The Labute approximate surface area is 97.3 Å². The van der Waals surface area contributed by atoms with Crippen molar-refractivity contribution in [1.29, 1.82) is 0 Å². The van der Waals surface area contributed by atoms with Gasteiger partial charge in [0.1, 0.15) is 5.76 Å². The van der Waals surface area contributed by atoms with Crippen LogP contribution in [0.15, 0.2) is 23.7 Å². The van der Waals surface area contributed by atoms with Crippen molar-refractivity contribution in [2.75, 3.05) is 19.8 Å². The minimum Gasteiger partial charge on any atom is -0.496 e. The summed E-state index contributed by atoms with van der Waals surface area (Å²) in [5.41, 5.74) is 5.41. The van der Waals surface area contributed by atoms with E-state index >= 15 is 0 Å². The summed E-state index contributed by atoms with van der Waals surface area (Å²) >= 11 is 0. The predicted molar refractivity (Wildman–Crippen MR) is 63.7 cm³/mol. The lowest BCUT2D eigenvalue weighted by Crippen LogP contribution is -2.17. The van der Waals surface area contributed by atoms with Crippen LogP contribution in [0.25, 0.3) is 0 Å². The second-order valence-electron chi connectivity index (χ2n) is 4.50. The fraction of sp³-hybridized carbons (Fsp3) is 0.692. The summed E-state index contributed by atoms with van der Waals surface area (Å²) in [6.07, 6.45) is 10.2. The number of ether oxygens (including phenoxy) is 2. The van der Waals surface area contributed by atoms with Crippen LogP contribution in [0.3, 0.4) is 0 Å². The summed E-state index contributed by atoms with van der Waals surface area (Å²) in [5.74, 6) is 2.77. The maximum Gasteiger partial charge on any atom is 0.118 e. The van der Waals surface area contributed by atoms with Gasteiger partial charge in [0.15, 0.2) is 0 Å². The molecular formula is C13H21NO2. The van der Waals surface area contributed by atoms with E-state index in [1.807, 2.05) is 6.08 Å². The van der Waals surface area contributed by atoms with Gasteiger partial charge in [-0.15, -0.1) is 0 Å². The van der Waals surface area contributed by atoms with E-state index in [0.29, 0.717) is 13.2 Å². The first kappa shape index (κ1) is 11.5. The zero-order valence-electron chi connectivity index (χ0n) is 9.78. The van der Waals surface area contributed by atoms with Crippen molar-refractivity contribution in [2.45, 2.75) is 32.1 Å². The third kappa shape index (κ3) is 3.27. The molecule has 0 radical (unpaired) electrons. The third-order valence-corrected chi connectivity index (χ3v) is 3.16. The Morgan fingerprint density at radius 3 is 2.88 bits per heavy atom. The van der Waals surface area contributed by atoms with E-state index < -0.39 is 0 Å². The van der Waals surface area contributed by atoms with Gasteiger partial charge in [0.25, 0.3) is 0 Å². The van der Waals surface area contributed by atoms with Crippen LogP contribution in [0, 0.1) is 5.92 Å². The maximum atomic E-state index is 5.77.